The van der Waals surface area contributed by atoms with Crippen molar-refractivity contribution in [2.75, 3.05) is 0 Å². The van der Waals surface area contributed by atoms with E-state index >= 15 is 0 Å². The van der Waals surface area contributed by atoms with E-state index in [0.717, 1.165) is 10.6 Å². The van der Waals surface area contributed by atoms with Gasteiger partial charge in [-0.1, -0.05) is 23.7 Å². The van der Waals surface area contributed by atoms with Gasteiger partial charge in [0, 0.05) is 30.0 Å². The van der Waals surface area contributed by atoms with Crippen LogP contribution in [0.5, 0.6) is 5.75 Å². The van der Waals surface area contributed by atoms with Gasteiger partial charge in [-0.2, -0.15) is 0 Å². The Morgan fingerprint density at radius 3 is 2.61 bits per heavy atom. The molecule has 0 saturated heterocycles. The fourth-order valence-corrected chi connectivity index (χ4v) is 2.59. The summed E-state index contributed by atoms with van der Waals surface area (Å²) >= 11 is 7.30. The minimum absolute atomic E-state index is 0.00305. The van der Waals surface area contributed by atoms with Crippen LogP contribution in [-0.4, -0.2) is 9.67 Å². The summed E-state index contributed by atoms with van der Waals surface area (Å²) in [5.74, 6) is 0.713. The van der Waals surface area contributed by atoms with Crippen LogP contribution in [0.2, 0.25) is 5.02 Å². The molecule has 1 aromatic carbocycles. The van der Waals surface area contributed by atoms with Crippen LogP contribution in [0.4, 0.5) is 0 Å². The Labute approximate surface area is 114 Å². The number of thioether (sulfide) groups is 1. The topological polar surface area (TPSA) is 42.2 Å². The molecular formula is C13H12ClNO2S. The van der Waals surface area contributed by atoms with E-state index in [-0.39, 0.29) is 11.3 Å². The molecule has 0 unspecified atom stereocenters. The number of nitrogens with zero attached hydrogens (tertiary/aromatic N) is 1. The van der Waals surface area contributed by atoms with Crippen molar-refractivity contribution in [3.05, 3.63) is 57.3 Å². The molecule has 0 fully saturated rings. The molecule has 3 nitrogen and oxygen atoms in total. The Kier molecular flexibility index (Phi) is 3.99. The monoisotopic (exact) mass is 281 g/mol. The molecule has 0 saturated carbocycles. The van der Waals surface area contributed by atoms with E-state index in [0.29, 0.717) is 10.8 Å². The van der Waals surface area contributed by atoms with E-state index in [4.69, 9.17) is 11.6 Å². The maximum atomic E-state index is 11.5. The normalized spacial score (nSPS) is 10.6. The lowest BCUT2D eigenvalue weighted by Gasteiger charge is -2.08. The number of aromatic hydroxyl groups is 1. The second kappa shape index (κ2) is 5.50. The van der Waals surface area contributed by atoms with Gasteiger partial charge in [-0.25, -0.2) is 0 Å². The van der Waals surface area contributed by atoms with Crippen molar-refractivity contribution in [1.29, 1.82) is 0 Å². The summed E-state index contributed by atoms with van der Waals surface area (Å²) in [6.45, 7) is 0. The van der Waals surface area contributed by atoms with Crippen LogP contribution in [0.25, 0.3) is 0 Å². The van der Waals surface area contributed by atoms with E-state index in [2.05, 4.69) is 0 Å². The molecule has 0 radical (unpaired) electrons. The second-order valence-corrected chi connectivity index (χ2v) is 5.30. The fourth-order valence-electron chi connectivity index (χ4n) is 1.47. The first-order valence-corrected chi connectivity index (χ1v) is 6.70. The molecule has 18 heavy (non-hydrogen) atoms. The van der Waals surface area contributed by atoms with E-state index in [9.17, 15) is 9.90 Å². The average Bonchev–Trinajstić information content (AvgIpc) is 2.34. The SMILES string of the molecule is Cn1c(SCc2ccc(Cl)cc2)cc(O)cc1=O. The Bertz CT molecular complexity index is 607. The van der Waals surface area contributed by atoms with Crippen molar-refractivity contribution >= 4 is 23.4 Å². The lowest BCUT2D eigenvalue weighted by Crippen LogP contribution is -2.16. The van der Waals surface area contributed by atoms with Gasteiger partial charge < -0.3 is 9.67 Å². The molecule has 0 spiro atoms. The van der Waals surface area contributed by atoms with E-state index in [1.807, 2.05) is 24.3 Å². The van der Waals surface area contributed by atoms with E-state index in [1.165, 1.54) is 22.4 Å². The number of rotatable bonds is 3. The van der Waals surface area contributed by atoms with Gasteiger partial charge in [-0.05, 0) is 17.7 Å². The summed E-state index contributed by atoms with van der Waals surface area (Å²) in [5.41, 5.74) is 0.897. The average molecular weight is 282 g/mol. The molecule has 0 bridgehead atoms. The fraction of sp³-hybridized carbons (Fsp3) is 0.154. The van der Waals surface area contributed by atoms with Crippen LogP contribution >= 0.6 is 23.4 Å². The Hall–Kier alpha value is -1.39. The van der Waals surface area contributed by atoms with Crippen LogP contribution in [0.1, 0.15) is 5.56 Å². The Morgan fingerprint density at radius 1 is 1.28 bits per heavy atom. The van der Waals surface area contributed by atoms with E-state index in [1.54, 1.807) is 13.1 Å². The maximum absolute atomic E-state index is 11.5. The van der Waals surface area contributed by atoms with Gasteiger partial charge >= 0.3 is 0 Å². The molecule has 0 atom stereocenters. The van der Waals surface area contributed by atoms with Crippen LogP contribution in [0.3, 0.4) is 0 Å². The second-order valence-electron chi connectivity index (χ2n) is 3.86. The van der Waals surface area contributed by atoms with Gasteiger partial charge in [-0.3, -0.25) is 4.79 Å². The molecule has 0 aliphatic carbocycles. The van der Waals surface area contributed by atoms with E-state index < -0.39 is 0 Å². The van der Waals surface area contributed by atoms with Crippen molar-refractivity contribution in [3.63, 3.8) is 0 Å². The summed E-state index contributed by atoms with van der Waals surface area (Å²) in [5, 5.41) is 10.8. The first-order chi connectivity index (χ1) is 8.56. The molecule has 0 amide bonds. The molecule has 5 heteroatoms. The predicted molar refractivity (Wildman–Crippen MR) is 74.4 cm³/mol. The molecule has 1 N–H and O–H groups in total. The van der Waals surface area contributed by atoms with Crippen molar-refractivity contribution < 1.29 is 5.11 Å². The highest BCUT2D eigenvalue weighted by Crippen LogP contribution is 2.24. The molecule has 1 heterocycles. The standard InChI is InChI=1S/C13H12ClNO2S/c1-15-12(17)6-11(16)7-13(15)18-8-9-2-4-10(14)5-3-9/h2-7,16H,8H2,1H3. The zero-order chi connectivity index (χ0) is 13.1. The number of pyridine rings is 1. The number of aromatic nitrogens is 1. The highest BCUT2D eigenvalue weighted by molar-refractivity contribution is 7.98. The first kappa shape index (κ1) is 13.1. The maximum Gasteiger partial charge on any atom is 0.254 e. The van der Waals surface area contributed by atoms with Crippen molar-refractivity contribution in [2.45, 2.75) is 10.8 Å². The predicted octanol–water partition coefficient (Wildman–Crippen LogP) is 3.04. The Morgan fingerprint density at radius 2 is 1.94 bits per heavy atom. The highest BCUT2D eigenvalue weighted by Gasteiger charge is 2.04. The van der Waals surface area contributed by atoms with Gasteiger partial charge in [0.05, 0.1) is 5.03 Å². The van der Waals surface area contributed by atoms with Crippen LogP contribution < -0.4 is 5.56 Å². The van der Waals surface area contributed by atoms with Gasteiger partial charge in [-0.15, -0.1) is 11.8 Å². The van der Waals surface area contributed by atoms with Gasteiger partial charge in [0.25, 0.3) is 5.56 Å². The van der Waals surface area contributed by atoms with Crippen molar-refractivity contribution in [3.8, 4) is 5.75 Å². The zero-order valence-electron chi connectivity index (χ0n) is 9.76. The van der Waals surface area contributed by atoms with Gasteiger partial charge in [0.15, 0.2) is 0 Å². The minimum Gasteiger partial charge on any atom is -0.508 e. The third kappa shape index (κ3) is 3.09. The summed E-state index contributed by atoms with van der Waals surface area (Å²) in [7, 11) is 1.69. The number of benzene rings is 1. The van der Waals surface area contributed by atoms with Crippen LogP contribution in [0, 0.1) is 0 Å². The minimum atomic E-state index is -0.214. The number of hydrogen-bond donors (Lipinski definition) is 1. The van der Waals surface area contributed by atoms with Crippen molar-refractivity contribution in [2.24, 2.45) is 7.05 Å². The largest absolute Gasteiger partial charge is 0.508 e. The lowest BCUT2D eigenvalue weighted by atomic mass is 10.2. The smallest absolute Gasteiger partial charge is 0.254 e. The molecule has 2 aromatic rings. The van der Waals surface area contributed by atoms with Gasteiger partial charge in [0.2, 0.25) is 0 Å². The molecule has 2 rings (SSSR count). The molecule has 0 aliphatic heterocycles. The third-order valence-electron chi connectivity index (χ3n) is 2.50. The molecule has 0 aliphatic rings. The summed E-state index contributed by atoms with van der Waals surface area (Å²) < 4.78 is 1.51. The number of hydrogen-bond acceptors (Lipinski definition) is 3. The first-order valence-electron chi connectivity index (χ1n) is 5.33. The quantitative estimate of drug-likeness (QED) is 0.880. The number of halogens is 1. The van der Waals surface area contributed by atoms with Crippen LogP contribution in [0.15, 0.2) is 46.2 Å². The highest BCUT2D eigenvalue weighted by atomic mass is 35.5. The summed E-state index contributed by atoms with van der Waals surface area (Å²) in [6, 6.07) is 10.3. The molecule has 94 valence electrons. The van der Waals surface area contributed by atoms with Crippen LogP contribution in [-0.2, 0) is 12.8 Å². The third-order valence-corrected chi connectivity index (χ3v) is 3.92. The van der Waals surface area contributed by atoms with Gasteiger partial charge in [0.1, 0.15) is 5.75 Å². The molecular weight excluding hydrogens is 270 g/mol. The summed E-state index contributed by atoms with van der Waals surface area (Å²) in [4.78, 5) is 11.5. The lowest BCUT2D eigenvalue weighted by molar-refractivity contribution is 0.468. The van der Waals surface area contributed by atoms with Crippen molar-refractivity contribution in [1.82, 2.24) is 4.57 Å². The molecule has 1 aromatic heterocycles. The summed E-state index contributed by atoms with van der Waals surface area (Å²) in [6.07, 6.45) is 0. The Balaban J connectivity index is 2.15. The zero-order valence-corrected chi connectivity index (χ0v) is 11.3.